The van der Waals surface area contributed by atoms with Crippen molar-refractivity contribution in [3.63, 3.8) is 0 Å². The molecule has 1 heteroatoms. The molecule has 9 heavy (non-hydrogen) atoms. The minimum Gasteiger partial charge on any atom is -0.247 e. The van der Waals surface area contributed by atoms with Gasteiger partial charge in [0.25, 0.3) is 0 Å². The van der Waals surface area contributed by atoms with E-state index in [0.29, 0.717) is 11.8 Å². The molecule has 0 aromatic rings. The first-order chi connectivity index (χ1) is 4.22. The molecule has 0 bridgehead atoms. The summed E-state index contributed by atoms with van der Waals surface area (Å²) in [6, 6.07) is 0. The van der Waals surface area contributed by atoms with Crippen molar-refractivity contribution in [1.82, 2.24) is 0 Å². The van der Waals surface area contributed by atoms with E-state index in [1.54, 1.807) is 0 Å². The van der Waals surface area contributed by atoms with Crippen LogP contribution >= 0.6 is 0 Å². The van der Waals surface area contributed by atoms with Crippen molar-refractivity contribution in [3.8, 4) is 0 Å². The standard InChI is InChI=1S/C8H15F/c1-6(2)7-4-3-5-8(7)9/h6-8H,3-5H2,1-2H3/t7-,8?/m1/s1. The van der Waals surface area contributed by atoms with Gasteiger partial charge in [0.05, 0.1) is 0 Å². The van der Waals surface area contributed by atoms with E-state index in [0.717, 1.165) is 19.3 Å². The molecule has 0 aromatic heterocycles. The normalized spacial score (nSPS) is 36.0. The van der Waals surface area contributed by atoms with Gasteiger partial charge in [0.15, 0.2) is 0 Å². The van der Waals surface area contributed by atoms with Gasteiger partial charge in [0.2, 0.25) is 0 Å². The Kier molecular flexibility index (Phi) is 2.09. The first-order valence-electron chi connectivity index (χ1n) is 3.86. The van der Waals surface area contributed by atoms with Crippen molar-refractivity contribution in [3.05, 3.63) is 0 Å². The minimum absolute atomic E-state index is 0.366. The molecule has 1 unspecified atom stereocenters. The lowest BCUT2D eigenvalue weighted by molar-refractivity contribution is 0.215. The Hall–Kier alpha value is -0.0700. The second-order valence-electron chi connectivity index (χ2n) is 3.35. The fourth-order valence-corrected chi connectivity index (χ4v) is 1.69. The lowest BCUT2D eigenvalue weighted by Gasteiger charge is -2.15. The van der Waals surface area contributed by atoms with Crippen molar-refractivity contribution in [2.45, 2.75) is 39.3 Å². The molecule has 0 amide bonds. The van der Waals surface area contributed by atoms with Gasteiger partial charge in [-0.2, -0.15) is 0 Å². The summed E-state index contributed by atoms with van der Waals surface area (Å²) < 4.78 is 12.8. The third-order valence-electron chi connectivity index (χ3n) is 2.34. The molecule has 0 nitrogen and oxygen atoms in total. The van der Waals surface area contributed by atoms with E-state index in [4.69, 9.17) is 0 Å². The van der Waals surface area contributed by atoms with Crippen LogP contribution in [0.1, 0.15) is 33.1 Å². The largest absolute Gasteiger partial charge is 0.247 e. The fourth-order valence-electron chi connectivity index (χ4n) is 1.69. The molecule has 1 aliphatic carbocycles. The molecule has 0 radical (unpaired) electrons. The molecule has 1 aliphatic rings. The average Bonchev–Trinajstić information content (AvgIpc) is 2.13. The summed E-state index contributed by atoms with van der Waals surface area (Å²) in [5, 5.41) is 0. The van der Waals surface area contributed by atoms with Crippen molar-refractivity contribution in [2.75, 3.05) is 0 Å². The van der Waals surface area contributed by atoms with Gasteiger partial charge in [-0.25, -0.2) is 4.39 Å². The highest BCUT2D eigenvalue weighted by Gasteiger charge is 2.28. The van der Waals surface area contributed by atoms with Crippen LogP contribution in [0.3, 0.4) is 0 Å². The van der Waals surface area contributed by atoms with Crippen LogP contribution in [-0.4, -0.2) is 6.17 Å². The van der Waals surface area contributed by atoms with Crippen molar-refractivity contribution in [2.24, 2.45) is 11.8 Å². The molecular weight excluding hydrogens is 115 g/mol. The second-order valence-corrected chi connectivity index (χ2v) is 3.35. The van der Waals surface area contributed by atoms with Gasteiger partial charge in [0.1, 0.15) is 6.17 Å². The van der Waals surface area contributed by atoms with Crippen LogP contribution in [0.2, 0.25) is 0 Å². The Morgan fingerprint density at radius 2 is 2.00 bits per heavy atom. The number of hydrogen-bond donors (Lipinski definition) is 0. The van der Waals surface area contributed by atoms with E-state index in [2.05, 4.69) is 13.8 Å². The number of halogens is 1. The fraction of sp³-hybridized carbons (Fsp3) is 1.00. The van der Waals surface area contributed by atoms with Crippen LogP contribution in [0.15, 0.2) is 0 Å². The Morgan fingerprint density at radius 1 is 1.33 bits per heavy atom. The van der Waals surface area contributed by atoms with Crippen LogP contribution in [-0.2, 0) is 0 Å². The molecule has 2 atom stereocenters. The third-order valence-corrected chi connectivity index (χ3v) is 2.34. The van der Waals surface area contributed by atoms with Gasteiger partial charge in [-0.1, -0.05) is 20.3 Å². The van der Waals surface area contributed by atoms with E-state index in [-0.39, 0.29) is 0 Å². The van der Waals surface area contributed by atoms with Gasteiger partial charge < -0.3 is 0 Å². The zero-order valence-electron chi connectivity index (χ0n) is 6.23. The number of hydrogen-bond acceptors (Lipinski definition) is 0. The average molecular weight is 130 g/mol. The van der Waals surface area contributed by atoms with Gasteiger partial charge in [0, 0.05) is 0 Å². The SMILES string of the molecule is CC(C)[C@H]1CCCC1F. The van der Waals surface area contributed by atoms with Crippen LogP contribution in [0, 0.1) is 11.8 Å². The second kappa shape index (κ2) is 2.68. The molecule has 0 saturated heterocycles. The summed E-state index contributed by atoms with van der Waals surface area (Å²) >= 11 is 0. The quantitative estimate of drug-likeness (QED) is 0.512. The smallest absolute Gasteiger partial charge is 0.103 e. The van der Waals surface area contributed by atoms with Gasteiger partial charge in [-0.05, 0) is 24.7 Å². The van der Waals surface area contributed by atoms with Crippen LogP contribution in [0.25, 0.3) is 0 Å². The van der Waals surface area contributed by atoms with Crippen LogP contribution < -0.4 is 0 Å². The molecule has 0 N–H and O–H groups in total. The molecule has 1 saturated carbocycles. The molecule has 0 aliphatic heterocycles. The summed E-state index contributed by atoms with van der Waals surface area (Å²) in [4.78, 5) is 0. The minimum atomic E-state index is -0.495. The number of rotatable bonds is 1. The maximum absolute atomic E-state index is 12.8. The Labute approximate surface area is 56.5 Å². The predicted molar refractivity (Wildman–Crippen MR) is 37.1 cm³/mol. The van der Waals surface area contributed by atoms with E-state index in [9.17, 15) is 4.39 Å². The summed E-state index contributed by atoms with van der Waals surface area (Å²) in [6.07, 6.45) is 2.52. The summed E-state index contributed by atoms with van der Waals surface area (Å²) in [5.41, 5.74) is 0. The topological polar surface area (TPSA) is 0 Å². The molecule has 1 fully saturated rings. The first kappa shape index (κ1) is 7.04. The predicted octanol–water partition coefficient (Wildman–Crippen LogP) is 2.78. The Balaban J connectivity index is 2.40. The zero-order chi connectivity index (χ0) is 6.85. The molecule has 54 valence electrons. The molecule has 0 aromatic carbocycles. The van der Waals surface area contributed by atoms with E-state index >= 15 is 0 Å². The lowest BCUT2D eigenvalue weighted by Crippen LogP contribution is -2.14. The highest BCUT2D eigenvalue weighted by molar-refractivity contribution is 4.78. The molecular formula is C8H15F. The van der Waals surface area contributed by atoms with Gasteiger partial charge in [-0.15, -0.1) is 0 Å². The van der Waals surface area contributed by atoms with Gasteiger partial charge in [-0.3, -0.25) is 0 Å². The lowest BCUT2D eigenvalue weighted by atomic mass is 9.93. The van der Waals surface area contributed by atoms with Crippen LogP contribution in [0.5, 0.6) is 0 Å². The van der Waals surface area contributed by atoms with Crippen molar-refractivity contribution in [1.29, 1.82) is 0 Å². The zero-order valence-corrected chi connectivity index (χ0v) is 6.23. The van der Waals surface area contributed by atoms with Gasteiger partial charge >= 0.3 is 0 Å². The maximum Gasteiger partial charge on any atom is 0.103 e. The van der Waals surface area contributed by atoms with E-state index in [1.807, 2.05) is 0 Å². The molecule has 1 rings (SSSR count). The van der Waals surface area contributed by atoms with E-state index < -0.39 is 6.17 Å². The summed E-state index contributed by atoms with van der Waals surface area (Å²) in [6.45, 7) is 4.23. The van der Waals surface area contributed by atoms with Crippen LogP contribution in [0.4, 0.5) is 4.39 Å². The van der Waals surface area contributed by atoms with Crippen molar-refractivity contribution >= 4 is 0 Å². The summed E-state index contributed by atoms with van der Waals surface area (Å²) in [7, 11) is 0. The first-order valence-corrected chi connectivity index (χ1v) is 3.86. The highest BCUT2D eigenvalue weighted by atomic mass is 19.1. The third kappa shape index (κ3) is 1.44. The maximum atomic E-state index is 12.8. The van der Waals surface area contributed by atoms with Crippen molar-refractivity contribution < 1.29 is 4.39 Å². The van der Waals surface area contributed by atoms with E-state index in [1.165, 1.54) is 0 Å². The Morgan fingerprint density at radius 3 is 2.22 bits per heavy atom. The summed E-state index contributed by atoms with van der Waals surface area (Å²) in [5.74, 6) is 0.910. The molecule has 0 spiro atoms. The Bertz CT molecular complexity index is 88.6. The molecule has 0 heterocycles. The highest BCUT2D eigenvalue weighted by Crippen LogP contribution is 2.33. The monoisotopic (exact) mass is 130 g/mol. The number of alkyl halides is 1.